The van der Waals surface area contributed by atoms with E-state index >= 15 is 0 Å². The Morgan fingerprint density at radius 2 is 1.89 bits per heavy atom. The molecule has 0 saturated carbocycles. The van der Waals surface area contributed by atoms with Gasteiger partial charge in [-0.05, 0) is 30.2 Å². The molecule has 4 amide bonds. The van der Waals surface area contributed by atoms with E-state index in [2.05, 4.69) is 10.6 Å². The summed E-state index contributed by atoms with van der Waals surface area (Å²) in [4.78, 5) is 38.3. The maximum atomic E-state index is 12.8. The van der Waals surface area contributed by atoms with E-state index in [1.807, 2.05) is 12.1 Å². The van der Waals surface area contributed by atoms with Crippen molar-refractivity contribution >= 4 is 17.8 Å². The zero-order chi connectivity index (χ0) is 19.7. The van der Waals surface area contributed by atoms with Crippen LogP contribution in [-0.4, -0.2) is 36.1 Å². The van der Waals surface area contributed by atoms with Crippen molar-refractivity contribution in [3.05, 3.63) is 59.7 Å². The fourth-order valence-corrected chi connectivity index (χ4v) is 3.26. The summed E-state index contributed by atoms with van der Waals surface area (Å²) in [6, 6.07) is 13.7. The van der Waals surface area contributed by atoms with Crippen molar-refractivity contribution in [3.63, 3.8) is 0 Å². The summed E-state index contributed by atoms with van der Waals surface area (Å²) in [5.74, 6) is 0.398. The number of imide groups is 1. The lowest BCUT2D eigenvalue weighted by molar-refractivity contribution is -0.134. The highest BCUT2D eigenvalue weighted by Crippen LogP contribution is 2.32. The second-order valence-corrected chi connectivity index (χ2v) is 6.78. The minimum atomic E-state index is -1.18. The molecule has 4 rings (SSSR count). The van der Waals surface area contributed by atoms with E-state index in [-0.39, 0.29) is 19.9 Å². The van der Waals surface area contributed by atoms with Gasteiger partial charge in [-0.3, -0.25) is 14.5 Å². The van der Waals surface area contributed by atoms with Crippen LogP contribution in [0.1, 0.15) is 18.1 Å². The number of rotatable bonds is 5. The van der Waals surface area contributed by atoms with Crippen LogP contribution in [0.2, 0.25) is 0 Å². The fraction of sp³-hybridized carbons (Fsp3) is 0.250. The molecule has 2 aliphatic rings. The summed E-state index contributed by atoms with van der Waals surface area (Å²) < 4.78 is 10.6. The Morgan fingerprint density at radius 1 is 1.14 bits per heavy atom. The Bertz CT molecular complexity index is 946. The summed E-state index contributed by atoms with van der Waals surface area (Å²) in [7, 11) is 0. The van der Waals surface area contributed by atoms with Gasteiger partial charge in [0.2, 0.25) is 12.7 Å². The average Bonchev–Trinajstić information content (AvgIpc) is 3.25. The van der Waals surface area contributed by atoms with Crippen LogP contribution in [0.3, 0.4) is 0 Å². The van der Waals surface area contributed by atoms with Gasteiger partial charge in [0, 0.05) is 6.54 Å². The number of benzene rings is 2. The summed E-state index contributed by atoms with van der Waals surface area (Å²) in [5, 5.41) is 5.40. The number of hydrogen-bond acceptors (Lipinski definition) is 5. The summed E-state index contributed by atoms with van der Waals surface area (Å²) in [6.45, 7) is 1.71. The van der Waals surface area contributed by atoms with Gasteiger partial charge in [0.1, 0.15) is 12.1 Å². The van der Waals surface area contributed by atoms with Gasteiger partial charge in [-0.25, -0.2) is 4.79 Å². The molecular formula is C20H19N3O5. The van der Waals surface area contributed by atoms with Gasteiger partial charge in [0.15, 0.2) is 11.5 Å². The number of carbonyl (C=O) groups excluding carboxylic acids is 3. The molecule has 8 heteroatoms. The van der Waals surface area contributed by atoms with Gasteiger partial charge in [-0.15, -0.1) is 0 Å². The Morgan fingerprint density at radius 3 is 2.68 bits per heavy atom. The summed E-state index contributed by atoms with van der Waals surface area (Å²) in [5.41, 5.74) is 0.302. The molecule has 0 aromatic heterocycles. The number of nitrogens with one attached hydrogen (secondary N) is 2. The quantitative estimate of drug-likeness (QED) is 0.765. The molecule has 1 saturated heterocycles. The molecule has 28 heavy (non-hydrogen) atoms. The molecule has 1 atom stereocenters. The lowest BCUT2D eigenvalue weighted by atomic mass is 9.92. The zero-order valence-corrected chi connectivity index (χ0v) is 15.2. The molecule has 0 bridgehead atoms. The molecule has 2 N–H and O–H groups in total. The van der Waals surface area contributed by atoms with Crippen molar-refractivity contribution in [2.75, 3.05) is 13.3 Å². The van der Waals surface area contributed by atoms with E-state index < -0.39 is 23.4 Å². The van der Waals surface area contributed by atoms with Crippen molar-refractivity contribution < 1.29 is 23.9 Å². The monoisotopic (exact) mass is 381 g/mol. The molecule has 2 aromatic rings. The average molecular weight is 381 g/mol. The van der Waals surface area contributed by atoms with Crippen molar-refractivity contribution in [1.82, 2.24) is 15.5 Å². The highest BCUT2D eigenvalue weighted by Gasteiger charge is 2.49. The minimum Gasteiger partial charge on any atom is -0.454 e. The van der Waals surface area contributed by atoms with Crippen molar-refractivity contribution in [3.8, 4) is 11.5 Å². The van der Waals surface area contributed by atoms with Crippen LogP contribution in [-0.2, 0) is 21.7 Å². The van der Waals surface area contributed by atoms with Crippen LogP contribution < -0.4 is 20.1 Å². The lowest BCUT2D eigenvalue weighted by Gasteiger charge is -2.22. The largest absolute Gasteiger partial charge is 0.454 e. The topological polar surface area (TPSA) is 97.0 Å². The Hall–Kier alpha value is -3.55. The number of carbonyl (C=O) groups is 3. The second kappa shape index (κ2) is 6.88. The first-order valence-electron chi connectivity index (χ1n) is 8.82. The predicted molar refractivity (Wildman–Crippen MR) is 98.5 cm³/mol. The maximum Gasteiger partial charge on any atom is 0.325 e. The second-order valence-electron chi connectivity index (χ2n) is 6.78. The smallest absolute Gasteiger partial charge is 0.325 e. The van der Waals surface area contributed by atoms with Gasteiger partial charge in [-0.2, -0.15) is 0 Å². The molecule has 2 aliphatic heterocycles. The predicted octanol–water partition coefficient (Wildman–Crippen LogP) is 1.50. The van der Waals surface area contributed by atoms with E-state index in [0.29, 0.717) is 17.1 Å². The van der Waals surface area contributed by atoms with Gasteiger partial charge in [0.25, 0.3) is 5.91 Å². The molecule has 0 unspecified atom stereocenters. The molecule has 2 aromatic carbocycles. The highest BCUT2D eigenvalue weighted by molar-refractivity contribution is 6.09. The third kappa shape index (κ3) is 3.13. The number of amides is 4. The first kappa shape index (κ1) is 17.8. The number of fused-ring (bicyclic) bond motifs is 1. The molecule has 0 aliphatic carbocycles. The molecule has 2 heterocycles. The minimum absolute atomic E-state index is 0.178. The van der Waals surface area contributed by atoms with Crippen molar-refractivity contribution in [1.29, 1.82) is 0 Å². The van der Waals surface area contributed by atoms with Gasteiger partial charge in [0.05, 0.1) is 0 Å². The first-order valence-corrected chi connectivity index (χ1v) is 8.82. The number of nitrogens with zero attached hydrogens (tertiary/aromatic N) is 1. The number of hydrogen-bond donors (Lipinski definition) is 2. The zero-order valence-electron chi connectivity index (χ0n) is 15.2. The van der Waals surface area contributed by atoms with E-state index in [4.69, 9.17) is 9.47 Å². The van der Waals surface area contributed by atoms with Crippen LogP contribution in [0.5, 0.6) is 11.5 Å². The number of urea groups is 1. The third-order valence-corrected chi connectivity index (χ3v) is 4.85. The van der Waals surface area contributed by atoms with Crippen LogP contribution >= 0.6 is 0 Å². The molecule has 0 spiro atoms. The Labute approximate surface area is 161 Å². The molecule has 144 valence electrons. The number of ether oxygens (including phenoxy) is 2. The van der Waals surface area contributed by atoms with Gasteiger partial charge in [-0.1, -0.05) is 36.4 Å². The van der Waals surface area contributed by atoms with Crippen molar-refractivity contribution in [2.24, 2.45) is 0 Å². The standard InChI is InChI=1S/C20H19N3O5/c1-20(14-5-3-2-4-6-14)18(25)23(19(26)22-20)11-17(24)21-10-13-7-8-15-16(9-13)28-12-27-15/h2-9H,10-12H2,1H3,(H,21,24)(H,22,26)/t20-/m0/s1. The lowest BCUT2D eigenvalue weighted by Crippen LogP contribution is -2.43. The van der Waals surface area contributed by atoms with Crippen LogP contribution in [0.25, 0.3) is 0 Å². The summed E-state index contributed by atoms with van der Waals surface area (Å²) in [6.07, 6.45) is 0. The van der Waals surface area contributed by atoms with Crippen LogP contribution in [0.15, 0.2) is 48.5 Å². The summed E-state index contributed by atoms with van der Waals surface area (Å²) >= 11 is 0. The van der Waals surface area contributed by atoms with E-state index in [0.717, 1.165) is 10.5 Å². The van der Waals surface area contributed by atoms with E-state index in [9.17, 15) is 14.4 Å². The fourth-order valence-electron chi connectivity index (χ4n) is 3.26. The van der Waals surface area contributed by atoms with E-state index in [1.54, 1.807) is 43.3 Å². The SMILES string of the molecule is C[C@@]1(c2ccccc2)NC(=O)N(CC(=O)NCc2ccc3c(c2)OCO3)C1=O. The highest BCUT2D eigenvalue weighted by atomic mass is 16.7. The Kier molecular flexibility index (Phi) is 4.38. The molecule has 8 nitrogen and oxygen atoms in total. The Balaban J connectivity index is 1.39. The molecule has 0 radical (unpaired) electrons. The maximum absolute atomic E-state index is 12.8. The first-order chi connectivity index (χ1) is 13.5. The van der Waals surface area contributed by atoms with Crippen molar-refractivity contribution in [2.45, 2.75) is 19.0 Å². The third-order valence-electron chi connectivity index (χ3n) is 4.85. The molecule has 1 fully saturated rings. The van der Waals surface area contributed by atoms with Crippen LogP contribution in [0.4, 0.5) is 4.79 Å². The van der Waals surface area contributed by atoms with E-state index in [1.165, 1.54) is 0 Å². The molecular weight excluding hydrogens is 362 g/mol. The van der Waals surface area contributed by atoms with Gasteiger partial charge >= 0.3 is 6.03 Å². The normalized spacial score (nSPS) is 20.2. The van der Waals surface area contributed by atoms with Gasteiger partial charge < -0.3 is 20.1 Å². The van der Waals surface area contributed by atoms with Crippen LogP contribution in [0, 0.1) is 0 Å².